The summed E-state index contributed by atoms with van der Waals surface area (Å²) in [6.45, 7) is 0. The summed E-state index contributed by atoms with van der Waals surface area (Å²) < 4.78 is 17.9. The van der Waals surface area contributed by atoms with Crippen molar-refractivity contribution in [1.29, 1.82) is 0 Å². The number of hydrogen-bond donors (Lipinski definition) is 1. The summed E-state index contributed by atoms with van der Waals surface area (Å²) in [7, 11) is 1.14. The van der Waals surface area contributed by atoms with Crippen LogP contribution in [0.4, 0.5) is 10.3 Å². The lowest BCUT2D eigenvalue weighted by molar-refractivity contribution is -0.641. The second-order valence-electron chi connectivity index (χ2n) is 3.13. The summed E-state index contributed by atoms with van der Waals surface area (Å²) in [6.07, 6.45) is 0. The third-order valence-corrected chi connectivity index (χ3v) is 2.12. The minimum atomic E-state index is -0.784. The Kier molecular flexibility index (Phi) is 2.47. The molecular formula is C9H7FN4O3. The predicted octanol–water partition coefficient (Wildman–Crippen LogP) is -0.229. The van der Waals surface area contributed by atoms with Crippen molar-refractivity contribution in [1.82, 2.24) is 10.1 Å². The third kappa shape index (κ3) is 1.69. The van der Waals surface area contributed by atoms with Crippen molar-refractivity contribution in [2.45, 2.75) is 0 Å². The Bertz CT molecular complexity index is 617. The molecule has 17 heavy (non-hydrogen) atoms. The standard InChI is InChI=1S/C9H7FN4O3/c1-17-8(15)4-2-3-5(10)6-7(4)14(16)13-9(11)12-6/h2-3H,1H3,(H2,11,12,13). The minimum absolute atomic E-state index is 0.0486. The minimum Gasteiger partial charge on any atom is -0.594 e. The zero-order valence-electron chi connectivity index (χ0n) is 8.68. The van der Waals surface area contributed by atoms with E-state index in [1.165, 1.54) is 0 Å². The first-order valence-electron chi connectivity index (χ1n) is 4.48. The Hall–Kier alpha value is -2.51. The van der Waals surface area contributed by atoms with Gasteiger partial charge < -0.3 is 15.7 Å². The lowest BCUT2D eigenvalue weighted by atomic mass is 10.1. The topological polar surface area (TPSA) is 105 Å². The van der Waals surface area contributed by atoms with E-state index in [1.54, 1.807) is 0 Å². The lowest BCUT2D eigenvalue weighted by Crippen LogP contribution is -2.35. The number of nitrogens with two attached hydrogens (primary N) is 1. The highest BCUT2D eigenvalue weighted by atomic mass is 19.1. The van der Waals surface area contributed by atoms with E-state index in [0.29, 0.717) is 0 Å². The van der Waals surface area contributed by atoms with Crippen molar-refractivity contribution in [2.75, 3.05) is 12.8 Å². The fourth-order valence-corrected chi connectivity index (χ4v) is 1.41. The molecule has 7 nitrogen and oxygen atoms in total. The molecule has 0 bridgehead atoms. The Labute approximate surface area is 94.2 Å². The summed E-state index contributed by atoms with van der Waals surface area (Å²) in [5, 5.41) is 14.8. The van der Waals surface area contributed by atoms with Crippen LogP contribution in [0.1, 0.15) is 10.4 Å². The Morgan fingerprint density at radius 2 is 2.29 bits per heavy atom. The molecule has 0 fully saturated rings. The zero-order valence-corrected chi connectivity index (χ0v) is 8.68. The van der Waals surface area contributed by atoms with E-state index >= 15 is 0 Å². The average Bonchev–Trinajstić information content (AvgIpc) is 2.29. The van der Waals surface area contributed by atoms with Gasteiger partial charge in [0.25, 0.3) is 11.5 Å². The Morgan fingerprint density at radius 1 is 1.59 bits per heavy atom. The number of ether oxygens (including phenoxy) is 1. The van der Waals surface area contributed by atoms with Gasteiger partial charge in [0.2, 0.25) is 0 Å². The van der Waals surface area contributed by atoms with Gasteiger partial charge in [-0.1, -0.05) is 0 Å². The van der Waals surface area contributed by atoms with Crippen LogP contribution in [0.25, 0.3) is 11.0 Å². The molecule has 0 saturated heterocycles. The van der Waals surface area contributed by atoms with Gasteiger partial charge in [0, 0.05) is 0 Å². The molecule has 2 N–H and O–H groups in total. The average molecular weight is 238 g/mol. The van der Waals surface area contributed by atoms with Crippen LogP contribution in [0, 0.1) is 11.0 Å². The molecule has 0 aliphatic heterocycles. The van der Waals surface area contributed by atoms with E-state index in [4.69, 9.17) is 5.73 Å². The number of hydrogen-bond acceptors (Lipinski definition) is 6. The number of anilines is 1. The van der Waals surface area contributed by atoms with E-state index in [2.05, 4.69) is 14.8 Å². The fourth-order valence-electron chi connectivity index (χ4n) is 1.41. The molecule has 88 valence electrons. The molecule has 1 heterocycles. The summed E-state index contributed by atoms with van der Waals surface area (Å²) in [6, 6.07) is 2.12. The second-order valence-corrected chi connectivity index (χ2v) is 3.13. The highest BCUT2D eigenvalue weighted by Gasteiger charge is 2.23. The maximum absolute atomic E-state index is 13.4. The van der Waals surface area contributed by atoms with Gasteiger partial charge in [-0.2, -0.15) is 4.98 Å². The number of aromatic nitrogens is 3. The smallest absolute Gasteiger partial charge is 0.344 e. The number of carbonyl (C=O) groups excluding carboxylic acids is 1. The summed E-state index contributed by atoms with van der Waals surface area (Å²) in [5.41, 5.74) is 4.46. The molecule has 0 spiro atoms. The van der Waals surface area contributed by atoms with Crippen molar-refractivity contribution in [2.24, 2.45) is 0 Å². The molecule has 0 aliphatic rings. The number of carbonyl (C=O) groups is 1. The lowest BCUT2D eigenvalue weighted by Gasteiger charge is -2.04. The van der Waals surface area contributed by atoms with Crippen LogP contribution >= 0.6 is 0 Å². The summed E-state index contributed by atoms with van der Waals surface area (Å²) in [5.74, 6) is -1.94. The van der Waals surface area contributed by atoms with E-state index in [9.17, 15) is 14.4 Å². The van der Waals surface area contributed by atoms with Crippen molar-refractivity contribution in [3.8, 4) is 0 Å². The first kappa shape index (κ1) is 11.0. The first-order chi connectivity index (χ1) is 8.04. The SMILES string of the molecule is COC(=O)c1ccc(F)c2nc(N)n[n+]([O-])c12. The predicted molar refractivity (Wildman–Crippen MR) is 54.2 cm³/mol. The Morgan fingerprint density at radius 3 is 2.94 bits per heavy atom. The van der Waals surface area contributed by atoms with Crippen LogP contribution in [0.2, 0.25) is 0 Å². The van der Waals surface area contributed by atoms with Gasteiger partial charge in [0.05, 0.1) is 12.2 Å². The third-order valence-electron chi connectivity index (χ3n) is 2.12. The number of nitrogen functional groups attached to an aromatic ring is 1. The number of esters is 1. The summed E-state index contributed by atoms with van der Waals surface area (Å²) in [4.78, 5) is 15.0. The van der Waals surface area contributed by atoms with Crippen LogP contribution in [0.15, 0.2) is 12.1 Å². The number of methoxy groups -OCH3 is 1. The molecule has 2 rings (SSSR count). The van der Waals surface area contributed by atoms with Crippen LogP contribution in [-0.2, 0) is 4.74 Å². The van der Waals surface area contributed by atoms with Crippen LogP contribution in [0.3, 0.4) is 0 Å². The molecule has 0 aliphatic carbocycles. The number of rotatable bonds is 1. The van der Waals surface area contributed by atoms with Gasteiger partial charge >= 0.3 is 5.97 Å². The summed E-state index contributed by atoms with van der Waals surface area (Å²) >= 11 is 0. The number of nitrogens with zero attached hydrogens (tertiary/aromatic N) is 3. The van der Waals surface area contributed by atoms with Gasteiger partial charge in [0.15, 0.2) is 11.3 Å². The normalized spacial score (nSPS) is 10.5. The van der Waals surface area contributed by atoms with Crippen molar-refractivity contribution >= 4 is 23.0 Å². The maximum Gasteiger partial charge on any atom is 0.344 e. The quantitative estimate of drug-likeness (QED) is 0.418. The van der Waals surface area contributed by atoms with E-state index in [-0.39, 0.29) is 27.4 Å². The number of fused-ring (bicyclic) bond motifs is 1. The monoisotopic (exact) mass is 238 g/mol. The largest absolute Gasteiger partial charge is 0.594 e. The van der Waals surface area contributed by atoms with Gasteiger partial charge in [0.1, 0.15) is 5.56 Å². The highest BCUT2D eigenvalue weighted by Crippen LogP contribution is 2.17. The number of halogens is 1. The van der Waals surface area contributed by atoms with Gasteiger partial charge in [-0.15, -0.1) is 0 Å². The van der Waals surface area contributed by atoms with E-state index in [0.717, 1.165) is 19.2 Å². The van der Waals surface area contributed by atoms with Gasteiger partial charge in [-0.25, -0.2) is 9.18 Å². The van der Waals surface area contributed by atoms with Crippen molar-refractivity contribution in [3.05, 3.63) is 28.7 Å². The molecule has 2 aromatic rings. The van der Waals surface area contributed by atoms with Crippen LogP contribution < -0.4 is 10.6 Å². The molecular weight excluding hydrogens is 231 g/mol. The van der Waals surface area contributed by atoms with E-state index in [1.807, 2.05) is 0 Å². The highest BCUT2D eigenvalue weighted by molar-refractivity contribution is 6.00. The molecule has 1 aromatic carbocycles. The zero-order chi connectivity index (χ0) is 12.6. The molecule has 1 aromatic heterocycles. The van der Waals surface area contributed by atoms with Crippen LogP contribution in [0.5, 0.6) is 0 Å². The molecule has 0 unspecified atom stereocenters. The molecule has 8 heteroatoms. The first-order valence-corrected chi connectivity index (χ1v) is 4.48. The van der Waals surface area contributed by atoms with Gasteiger partial charge in [-0.3, -0.25) is 0 Å². The second kappa shape index (κ2) is 3.81. The van der Waals surface area contributed by atoms with Crippen molar-refractivity contribution < 1.29 is 18.8 Å². The molecule has 0 amide bonds. The van der Waals surface area contributed by atoms with Crippen LogP contribution in [-0.4, -0.2) is 23.2 Å². The fraction of sp³-hybridized carbons (Fsp3) is 0.111. The van der Waals surface area contributed by atoms with E-state index < -0.39 is 11.8 Å². The molecule has 0 saturated carbocycles. The van der Waals surface area contributed by atoms with Crippen molar-refractivity contribution in [3.63, 3.8) is 0 Å². The van der Waals surface area contributed by atoms with Gasteiger partial charge in [-0.05, 0) is 17.0 Å². The maximum atomic E-state index is 13.4. The Balaban J connectivity index is 2.89. The number of benzene rings is 1. The molecule has 0 radical (unpaired) electrons. The molecule has 0 atom stereocenters.